The van der Waals surface area contributed by atoms with Crippen molar-refractivity contribution < 1.29 is 32.3 Å². The van der Waals surface area contributed by atoms with E-state index in [-0.39, 0.29) is 17.2 Å². The number of nitrogens with zero attached hydrogens (tertiary/aromatic N) is 2. The van der Waals surface area contributed by atoms with E-state index in [1.807, 2.05) is 22.6 Å². The molecule has 0 aliphatic heterocycles. The molecule has 0 unspecified atom stereocenters. The molecule has 33 heavy (non-hydrogen) atoms. The number of alkyl halides is 3. The van der Waals surface area contributed by atoms with Crippen LogP contribution in [0.1, 0.15) is 11.1 Å². The number of benzene rings is 3. The molecule has 3 aromatic carbocycles. The highest BCUT2D eigenvalue weighted by atomic mass is 127. The van der Waals surface area contributed by atoms with E-state index < -0.39 is 22.4 Å². The van der Waals surface area contributed by atoms with Gasteiger partial charge in [-0.2, -0.15) is 13.2 Å². The summed E-state index contributed by atoms with van der Waals surface area (Å²) in [5.41, 5.74) is -0.618. The topological polar surface area (TPSA) is 83.2 Å². The molecule has 0 saturated heterocycles. The van der Waals surface area contributed by atoms with Gasteiger partial charge in [0.25, 0.3) is 0 Å². The Labute approximate surface area is 200 Å². The second kappa shape index (κ2) is 10.1. The number of nitro benzene ring substituents is 1. The molecule has 0 saturated carbocycles. The van der Waals surface area contributed by atoms with Crippen LogP contribution in [0.4, 0.5) is 24.5 Å². The minimum Gasteiger partial charge on any atom is -0.497 e. The second-order valence-corrected chi connectivity index (χ2v) is 7.69. The highest BCUT2D eigenvalue weighted by Crippen LogP contribution is 2.42. The molecule has 0 atom stereocenters. The average Bonchev–Trinajstić information content (AvgIpc) is 2.78. The summed E-state index contributed by atoms with van der Waals surface area (Å²) in [7, 11) is 2.94. The van der Waals surface area contributed by atoms with Crippen molar-refractivity contribution in [2.24, 2.45) is 4.99 Å². The van der Waals surface area contributed by atoms with Crippen LogP contribution in [0.2, 0.25) is 0 Å². The van der Waals surface area contributed by atoms with E-state index in [2.05, 4.69) is 4.99 Å². The molecular weight excluding hydrogens is 556 g/mol. The molecule has 0 aliphatic carbocycles. The minimum atomic E-state index is -4.72. The van der Waals surface area contributed by atoms with Crippen LogP contribution in [0.25, 0.3) is 0 Å². The first kappa shape index (κ1) is 24.3. The van der Waals surface area contributed by atoms with E-state index >= 15 is 0 Å². The van der Waals surface area contributed by atoms with Crippen molar-refractivity contribution in [1.82, 2.24) is 0 Å². The van der Waals surface area contributed by atoms with E-state index in [9.17, 15) is 23.3 Å². The molecule has 0 radical (unpaired) electrons. The predicted molar refractivity (Wildman–Crippen MR) is 124 cm³/mol. The summed E-state index contributed by atoms with van der Waals surface area (Å²) in [4.78, 5) is 14.8. The van der Waals surface area contributed by atoms with Gasteiger partial charge in [-0.25, -0.2) is 0 Å². The molecule has 0 N–H and O–H groups in total. The summed E-state index contributed by atoms with van der Waals surface area (Å²) in [6, 6.07) is 12.5. The van der Waals surface area contributed by atoms with Crippen molar-refractivity contribution in [2.45, 2.75) is 6.18 Å². The van der Waals surface area contributed by atoms with Crippen molar-refractivity contribution in [3.8, 4) is 23.0 Å². The van der Waals surface area contributed by atoms with Gasteiger partial charge in [0.15, 0.2) is 11.5 Å². The quantitative estimate of drug-likeness (QED) is 0.135. The maximum Gasteiger partial charge on any atom is 0.416 e. The van der Waals surface area contributed by atoms with Gasteiger partial charge in [0, 0.05) is 12.3 Å². The number of nitro groups is 1. The molecule has 0 aromatic heterocycles. The van der Waals surface area contributed by atoms with Crippen molar-refractivity contribution >= 4 is 40.2 Å². The summed E-state index contributed by atoms with van der Waals surface area (Å²) in [6.45, 7) is 0. The lowest BCUT2D eigenvalue weighted by Crippen LogP contribution is -2.06. The van der Waals surface area contributed by atoms with Gasteiger partial charge in [-0.05, 0) is 76.7 Å². The fourth-order valence-electron chi connectivity index (χ4n) is 2.76. The maximum absolute atomic E-state index is 12.9. The van der Waals surface area contributed by atoms with E-state index in [0.717, 1.165) is 12.1 Å². The zero-order valence-corrected chi connectivity index (χ0v) is 19.4. The zero-order chi connectivity index (χ0) is 24.2. The van der Waals surface area contributed by atoms with Crippen LogP contribution in [-0.4, -0.2) is 25.4 Å². The van der Waals surface area contributed by atoms with Gasteiger partial charge in [-0.1, -0.05) is 0 Å². The highest BCUT2D eigenvalue weighted by molar-refractivity contribution is 14.1. The summed E-state index contributed by atoms with van der Waals surface area (Å²) >= 11 is 1.94. The molecule has 0 fully saturated rings. The van der Waals surface area contributed by atoms with Crippen LogP contribution >= 0.6 is 22.6 Å². The number of hydrogen-bond acceptors (Lipinski definition) is 6. The van der Waals surface area contributed by atoms with E-state index in [4.69, 9.17) is 14.2 Å². The molecule has 0 bridgehead atoms. The van der Waals surface area contributed by atoms with Crippen molar-refractivity contribution in [3.05, 3.63) is 79.4 Å². The third kappa shape index (κ3) is 5.92. The normalized spacial score (nSPS) is 11.5. The largest absolute Gasteiger partial charge is 0.497 e. The molecule has 0 heterocycles. The van der Waals surface area contributed by atoms with Crippen molar-refractivity contribution in [2.75, 3.05) is 14.2 Å². The molecule has 172 valence electrons. The van der Waals surface area contributed by atoms with Gasteiger partial charge >= 0.3 is 11.9 Å². The Kier molecular flexibility index (Phi) is 7.41. The number of aliphatic imine (C=N–C) groups is 1. The lowest BCUT2D eigenvalue weighted by molar-refractivity contribution is -0.385. The molecule has 11 heteroatoms. The van der Waals surface area contributed by atoms with Crippen LogP contribution in [0.3, 0.4) is 0 Å². The summed E-state index contributed by atoms with van der Waals surface area (Å²) < 4.78 is 55.4. The summed E-state index contributed by atoms with van der Waals surface area (Å²) in [5, 5.41) is 11.3. The van der Waals surface area contributed by atoms with Crippen LogP contribution < -0.4 is 14.2 Å². The molecule has 0 amide bonds. The predicted octanol–water partition coefficient (Wildman–Crippen LogP) is 6.78. The van der Waals surface area contributed by atoms with Gasteiger partial charge < -0.3 is 14.2 Å². The number of rotatable bonds is 7. The lowest BCUT2D eigenvalue weighted by Gasteiger charge is -2.14. The Bertz CT molecular complexity index is 1200. The Morgan fingerprint density at radius 1 is 1.00 bits per heavy atom. The van der Waals surface area contributed by atoms with Gasteiger partial charge in [-0.3, -0.25) is 15.1 Å². The minimum absolute atomic E-state index is 0.127. The van der Waals surface area contributed by atoms with Crippen LogP contribution in [0.5, 0.6) is 23.0 Å². The van der Waals surface area contributed by atoms with Crippen molar-refractivity contribution in [3.63, 3.8) is 0 Å². The van der Waals surface area contributed by atoms with Gasteiger partial charge in [0.2, 0.25) is 5.75 Å². The second-order valence-electron chi connectivity index (χ2n) is 6.53. The first-order chi connectivity index (χ1) is 15.6. The van der Waals surface area contributed by atoms with Gasteiger partial charge in [-0.15, -0.1) is 0 Å². The Hall–Kier alpha value is -3.35. The average molecular weight is 572 g/mol. The fraction of sp³-hybridized carbons (Fsp3) is 0.136. The molecule has 0 spiro atoms. The summed E-state index contributed by atoms with van der Waals surface area (Å²) in [5.74, 6) is 0.711. The number of ether oxygens (including phenoxy) is 3. The van der Waals surface area contributed by atoms with Crippen molar-refractivity contribution in [1.29, 1.82) is 0 Å². The maximum atomic E-state index is 12.9. The number of hydrogen-bond donors (Lipinski definition) is 0. The van der Waals surface area contributed by atoms with E-state index in [0.29, 0.717) is 26.6 Å². The molecule has 7 nitrogen and oxygen atoms in total. The Morgan fingerprint density at radius 3 is 2.27 bits per heavy atom. The SMILES string of the molecule is COc1ccc(N=Cc2cc(I)c(Oc3ccc(C(F)(F)F)cc3[N+](=O)[O-])c(OC)c2)cc1. The molecule has 3 rings (SSSR count). The molecular formula is C22H16F3IN2O5. The summed E-state index contributed by atoms with van der Waals surface area (Å²) in [6.07, 6.45) is -3.13. The standard InChI is InChI=1S/C22H16F3IN2O5/c1-31-16-6-4-15(5-7-16)27-12-13-9-17(26)21(20(10-13)32-2)33-19-8-3-14(22(23,24)25)11-18(19)28(29)30/h3-12H,1-2H3. The van der Waals surface area contributed by atoms with Gasteiger partial charge in [0.1, 0.15) is 5.75 Å². The number of halogens is 4. The number of methoxy groups -OCH3 is 2. The zero-order valence-electron chi connectivity index (χ0n) is 17.2. The Morgan fingerprint density at radius 2 is 1.70 bits per heavy atom. The van der Waals surface area contributed by atoms with E-state index in [1.165, 1.54) is 7.11 Å². The first-order valence-corrected chi connectivity index (χ1v) is 10.3. The monoisotopic (exact) mass is 572 g/mol. The third-order valence-electron chi connectivity index (χ3n) is 4.38. The molecule has 3 aromatic rings. The van der Waals surface area contributed by atoms with Crippen LogP contribution in [-0.2, 0) is 6.18 Å². The van der Waals surface area contributed by atoms with Crippen LogP contribution in [0, 0.1) is 13.7 Å². The molecule has 0 aliphatic rings. The van der Waals surface area contributed by atoms with E-state index in [1.54, 1.807) is 49.7 Å². The highest BCUT2D eigenvalue weighted by Gasteiger charge is 2.33. The van der Waals surface area contributed by atoms with Gasteiger partial charge in [0.05, 0.1) is 34.0 Å². The fourth-order valence-corrected chi connectivity index (χ4v) is 3.50. The third-order valence-corrected chi connectivity index (χ3v) is 5.18. The Balaban J connectivity index is 1.93. The smallest absolute Gasteiger partial charge is 0.416 e. The lowest BCUT2D eigenvalue weighted by atomic mass is 10.1. The first-order valence-electron chi connectivity index (χ1n) is 9.21. The van der Waals surface area contributed by atoms with Crippen LogP contribution in [0.15, 0.2) is 59.6 Å².